The van der Waals surface area contributed by atoms with Crippen molar-refractivity contribution in [3.05, 3.63) is 70.6 Å². The van der Waals surface area contributed by atoms with Gasteiger partial charge >= 0.3 is 5.97 Å². The maximum atomic E-state index is 15.6. The van der Waals surface area contributed by atoms with Crippen molar-refractivity contribution >= 4 is 69.8 Å². The van der Waals surface area contributed by atoms with E-state index >= 15 is 8.78 Å². The van der Waals surface area contributed by atoms with Gasteiger partial charge in [-0.2, -0.15) is 5.10 Å². The Hall–Kier alpha value is -1.88. The van der Waals surface area contributed by atoms with Gasteiger partial charge in [0.05, 0.1) is 28.0 Å². The van der Waals surface area contributed by atoms with Crippen LogP contribution in [0, 0.1) is 17.0 Å². The molecular formula is C26H24ClF2N3NaO3S. The zero-order valence-electron chi connectivity index (χ0n) is 20.6. The molecule has 0 amide bonds. The summed E-state index contributed by atoms with van der Waals surface area (Å²) >= 11 is 7.28. The van der Waals surface area contributed by atoms with E-state index in [1.807, 2.05) is 13.8 Å². The Kier molecular flexibility index (Phi) is 8.14. The van der Waals surface area contributed by atoms with Crippen molar-refractivity contribution in [3.63, 3.8) is 0 Å². The van der Waals surface area contributed by atoms with E-state index in [1.54, 1.807) is 27.7 Å². The molecular weight excluding hydrogens is 531 g/mol. The molecule has 6 nitrogen and oxygen atoms in total. The van der Waals surface area contributed by atoms with Crippen LogP contribution in [0.3, 0.4) is 0 Å². The molecule has 2 aromatic carbocycles. The van der Waals surface area contributed by atoms with Crippen LogP contribution < -0.4 is 0 Å². The van der Waals surface area contributed by atoms with E-state index in [-0.39, 0.29) is 57.5 Å². The minimum Gasteiger partial charge on any atom is -0.478 e. The van der Waals surface area contributed by atoms with Crippen molar-refractivity contribution in [1.29, 1.82) is 0 Å². The number of fused-ring (bicyclic) bond motifs is 1. The molecule has 2 heterocycles. The standard InChI is InChI=1S/C26H24ClF2N3O3S.Na/c1-26(2,13-33)12-31-11-15(10-30-31)32-22(14-6-7-14)24(17-8-9-18(27)21(29)23(17)32)36-19-5-3-4-16(20(19)28)25(34)35;/h3-5,8-11,14,33H,6-7,12-13H2,1-2H3,(H,34,35);. The van der Waals surface area contributed by atoms with Crippen molar-refractivity contribution in [2.24, 2.45) is 5.41 Å². The largest absolute Gasteiger partial charge is 0.478 e. The third-order valence-corrected chi connectivity index (χ3v) is 7.74. The van der Waals surface area contributed by atoms with Gasteiger partial charge in [0, 0.05) is 81.1 Å². The third kappa shape index (κ3) is 5.35. The van der Waals surface area contributed by atoms with Crippen LogP contribution in [0.5, 0.6) is 0 Å². The SMILES string of the molecule is CC(C)(CO)Cn1cc(-n2c(C3CC3)c(Sc3cccc(C(=O)O)c3F)c3ccc(Cl)c(F)c32)cn1.[Na]. The second-order valence-corrected chi connectivity index (χ2v) is 11.3. The molecule has 0 spiro atoms. The maximum absolute atomic E-state index is 15.6. The first-order chi connectivity index (χ1) is 17.1. The monoisotopic (exact) mass is 554 g/mol. The predicted octanol–water partition coefficient (Wildman–Crippen LogP) is 6.12. The van der Waals surface area contributed by atoms with Crippen LogP contribution in [0.4, 0.5) is 8.78 Å². The number of rotatable bonds is 8. The quantitative estimate of drug-likeness (QED) is 0.256. The summed E-state index contributed by atoms with van der Waals surface area (Å²) in [5, 5.41) is 24.0. The van der Waals surface area contributed by atoms with Gasteiger partial charge in [0.25, 0.3) is 0 Å². The van der Waals surface area contributed by atoms with Crippen molar-refractivity contribution in [3.8, 4) is 5.69 Å². The second kappa shape index (κ2) is 10.7. The van der Waals surface area contributed by atoms with Gasteiger partial charge in [-0.1, -0.05) is 43.3 Å². The molecule has 5 rings (SSSR count). The number of halogens is 3. The van der Waals surface area contributed by atoms with Crippen LogP contribution in [-0.4, -0.2) is 66.7 Å². The average Bonchev–Trinajstić information content (AvgIpc) is 3.49. The number of aliphatic hydroxyl groups is 1. The molecule has 1 radical (unpaired) electrons. The number of aromatic carboxylic acids is 1. The number of aromatic nitrogens is 3. The van der Waals surface area contributed by atoms with Crippen molar-refractivity contribution in [1.82, 2.24) is 14.3 Å². The average molecular weight is 555 g/mol. The zero-order chi connectivity index (χ0) is 25.8. The number of hydrogen-bond acceptors (Lipinski definition) is 4. The number of aliphatic hydroxyl groups excluding tert-OH is 1. The molecule has 0 bridgehead atoms. The minimum atomic E-state index is -1.35. The first-order valence-corrected chi connectivity index (χ1v) is 12.7. The van der Waals surface area contributed by atoms with Gasteiger partial charge in [0.15, 0.2) is 11.6 Å². The first-order valence-electron chi connectivity index (χ1n) is 11.5. The normalized spacial score (nSPS) is 13.7. The fourth-order valence-corrected chi connectivity index (χ4v) is 5.67. The molecule has 189 valence electrons. The topological polar surface area (TPSA) is 80.3 Å². The Bertz CT molecular complexity index is 1500. The van der Waals surface area contributed by atoms with E-state index in [0.29, 0.717) is 22.5 Å². The number of carboxylic acid groups (broad SMARTS) is 1. The summed E-state index contributed by atoms with van der Waals surface area (Å²) < 4.78 is 34.2. The Morgan fingerprint density at radius 1 is 1.22 bits per heavy atom. The van der Waals surface area contributed by atoms with E-state index in [9.17, 15) is 15.0 Å². The molecule has 11 heteroatoms. The van der Waals surface area contributed by atoms with Crippen LogP contribution in [0.15, 0.2) is 52.5 Å². The van der Waals surface area contributed by atoms with Crippen LogP contribution in [0.2, 0.25) is 5.02 Å². The van der Waals surface area contributed by atoms with Crippen LogP contribution in [0.1, 0.15) is 48.7 Å². The van der Waals surface area contributed by atoms with Crippen molar-refractivity contribution in [2.45, 2.75) is 48.9 Å². The van der Waals surface area contributed by atoms with Gasteiger partial charge in [-0.25, -0.2) is 13.6 Å². The number of nitrogens with zero attached hydrogens (tertiary/aromatic N) is 3. The van der Waals surface area contributed by atoms with Crippen molar-refractivity contribution in [2.75, 3.05) is 6.61 Å². The van der Waals surface area contributed by atoms with Gasteiger partial charge < -0.3 is 14.8 Å². The summed E-state index contributed by atoms with van der Waals surface area (Å²) in [4.78, 5) is 12.3. The summed E-state index contributed by atoms with van der Waals surface area (Å²) in [6.45, 7) is 4.28. The van der Waals surface area contributed by atoms with E-state index in [1.165, 1.54) is 24.3 Å². The third-order valence-electron chi connectivity index (χ3n) is 6.28. The Balaban J connectivity index is 0.00000320. The van der Waals surface area contributed by atoms with Gasteiger partial charge in [-0.3, -0.25) is 4.68 Å². The fraction of sp³-hybridized carbons (Fsp3) is 0.308. The molecule has 1 aliphatic carbocycles. The minimum absolute atomic E-state index is 0. The number of benzene rings is 2. The molecule has 4 aromatic rings. The van der Waals surface area contributed by atoms with E-state index in [4.69, 9.17) is 11.6 Å². The molecule has 37 heavy (non-hydrogen) atoms. The summed E-state index contributed by atoms with van der Waals surface area (Å²) in [7, 11) is 0. The maximum Gasteiger partial charge on any atom is 0.338 e. The molecule has 0 atom stereocenters. The molecule has 2 N–H and O–H groups in total. The zero-order valence-corrected chi connectivity index (χ0v) is 24.2. The number of carbonyl (C=O) groups is 1. The van der Waals surface area contributed by atoms with E-state index in [0.717, 1.165) is 30.3 Å². The second-order valence-electron chi connectivity index (χ2n) is 9.82. The number of carboxylic acids is 1. The van der Waals surface area contributed by atoms with Crippen LogP contribution >= 0.6 is 23.4 Å². The smallest absolute Gasteiger partial charge is 0.338 e. The molecule has 1 fully saturated rings. The van der Waals surface area contributed by atoms with Crippen molar-refractivity contribution < 1.29 is 23.8 Å². The van der Waals surface area contributed by atoms with Crippen LogP contribution in [0.25, 0.3) is 16.6 Å². The molecule has 0 unspecified atom stereocenters. The first kappa shape index (κ1) is 28.1. The van der Waals surface area contributed by atoms with Gasteiger partial charge in [0.2, 0.25) is 0 Å². The summed E-state index contributed by atoms with van der Waals surface area (Å²) in [5.41, 5.74) is 0.894. The van der Waals surface area contributed by atoms with E-state index < -0.39 is 28.6 Å². The predicted molar refractivity (Wildman–Crippen MR) is 140 cm³/mol. The summed E-state index contributed by atoms with van der Waals surface area (Å²) in [6, 6.07) is 7.42. The summed E-state index contributed by atoms with van der Waals surface area (Å²) in [5.74, 6) is -2.64. The van der Waals surface area contributed by atoms with E-state index in [2.05, 4.69) is 5.10 Å². The van der Waals surface area contributed by atoms with Gasteiger partial charge in [0.1, 0.15) is 0 Å². The molecule has 1 saturated carbocycles. The molecule has 2 aromatic heterocycles. The molecule has 0 aliphatic heterocycles. The fourth-order valence-electron chi connectivity index (χ4n) is 4.31. The molecule has 0 saturated heterocycles. The Morgan fingerprint density at radius 3 is 2.59 bits per heavy atom. The Labute approximate surface area is 243 Å². The Morgan fingerprint density at radius 2 is 1.95 bits per heavy atom. The summed E-state index contributed by atoms with van der Waals surface area (Å²) in [6.07, 6.45) is 5.22. The number of hydrogen-bond donors (Lipinski definition) is 2. The molecule has 1 aliphatic rings. The van der Waals surface area contributed by atoms with Gasteiger partial charge in [-0.05, 0) is 37.1 Å². The van der Waals surface area contributed by atoms with Crippen LogP contribution in [-0.2, 0) is 6.54 Å². The van der Waals surface area contributed by atoms with Gasteiger partial charge in [-0.15, -0.1) is 0 Å².